The van der Waals surface area contributed by atoms with Crippen molar-refractivity contribution in [3.05, 3.63) is 53.0 Å². The smallest absolute Gasteiger partial charge is 0.130 e. The van der Waals surface area contributed by atoms with E-state index in [1.807, 2.05) is 18.2 Å². The molecular formula is C14H9BrO. The number of hydrogen-bond acceptors (Lipinski definition) is 1. The van der Waals surface area contributed by atoms with Crippen molar-refractivity contribution in [3.63, 3.8) is 0 Å². The summed E-state index contributed by atoms with van der Waals surface area (Å²) in [7, 11) is 0. The van der Waals surface area contributed by atoms with E-state index in [4.69, 9.17) is 0 Å². The summed E-state index contributed by atoms with van der Waals surface area (Å²) in [6.45, 7) is 0. The quantitative estimate of drug-likeness (QED) is 0.599. The van der Waals surface area contributed by atoms with Crippen molar-refractivity contribution in [2.75, 3.05) is 0 Å². The number of halogens is 1. The van der Waals surface area contributed by atoms with Crippen LogP contribution in [0.5, 0.6) is 5.75 Å². The average molecular weight is 273 g/mol. The highest BCUT2D eigenvalue weighted by atomic mass is 79.9. The van der Waals surface area contributed by atoms with Gasteiger partial charge in [-0.1, -0.05) is 24.3 Å². The summed E-state index contributed by atoms with van der Waals surface area (Å²) >= 11 is 3.33. The fraction of sp³-hybridized carbons (Fsp3) is 0. The highest BCUT2D eigenvalue weighted by molar-refractivity contribution is 9.10. The van der Waals surface area contributed by atoms with E-state index < -0.39 is 0 Å². The van der Waals surface area contributed by atoms with Gasteiger partial charge in [-0.15, -0.1) is 0 Å². The summed E-state index contributed by atoms with van der Waals surface area (Å²) in [5, 5.41) is 14.2. The van der Waals surface area contributed by atoms with E-state index >= 15 is 0 Å². The zero-order valence-electron chi connectivity index (χ0n) is 8.44. The third-order valence-corrected chi connectivity index (χ3v) is 3.41. The van der Waals surface area contributed by atoms with Crippen LogP contribution in [0, 0.1) is 0 Å². The second kappa shape index (κ2) is 3.49. The zero-order valence-corrected chi connectivity index (χ0v) is 10.0. The van der Waals surface area contributed by atoms with Gasteiger partial charge >= 0.3 is 0 Å². The molecule has 0 amide bonds. The predicted octanol–water partition coefficient (Wildman–Crippen LogP) is 4.46. The lowest BCUT2D eigenvalue weighted by Crippen LogP contribution is -1.77. The predicted molar refractivity (Wildman–Crippen MR) is 70.8 cm³/mol. The molecule has 3 aromatic rings. The van der Waals surface area contributed by atoms with E-state index in [2.05, 4.69) is 40.2 Å². The Bertz CT molecular complexity index is 629. The maximum absolute atomic E-state index is 9.64. The number of fused-ring (bicyclic) bond motifs is 2. The molecule has 1 nitrogen and oxygen atoms in total. The van der Waals surface area contributed by atoms with Crippen LogP contribution in [-0.4, -0.2) is 5.11 Å². The molecule has 0 fully saturated rings. The molecule has 0 aliphatic heterocycles. The molecule has 0 atom stereocenters. The lowest BCUT2D eigenvalue weighted by Gasteiger charge is -2.04. The molecule has 0 radical (unpaired) electrons. The molecule has 1 N–H and O–H groups in total. The first-order chi connectivity index (χ1) is 7.74. The molecule has 0 saturated heterocycles. The number of benzene rings is 3. The molecule has 0 heterocycles. The standard InChI is InChI=1S/C14H9BrO/c15-13-7-11-5-9-3-1-2-4-10(9)6-12(11)8-14(13)16/h1-8,16H. The minimum atomic E-state index is 0.280. The van der Waals surface area contributed by atoms with Crippen LogP contribution in [0.1, 0.15) is 0 Å². The second-order valence-electron chi connectivity index (χ2n) is 3.85. The van der Waals surface area contributed by atoms with Gasteiger partial charge in [0.25, 0.3) is 0 Å². The van der Waals surface area contributed by atoms with Crippen molar-refractivity contribution in [3.8, 4) is 5.75 Å². The van der Waals surface area contributed by atoms with E-state index in [1.165, 1.54) is 10.8 Å². The van der Waals surface area contributed by atoms with Crippen LogP contribution in [0.2, 0.25) is 0 Å². The van der Waals surface area contributed by atoms with E-state index in [-0.39, 0.29) is 5.75 Å². The highest BCUT2D eigenvalue weighted by Gasteiger charge is 2.02. The van der Waals surface area contributed by atoms with Gasteiger partial charge in [-0.05, 0) is 61.7 Å². The van der Waals surface area contributed by atoms with Gasteiger partial charge in [-0.25, -0.2) is 0 Å². The molecule has 78 valence electrons. The molecule has 2 heteroatoms. The molecule has 0 bridgehead atoms. The second-order valence-corrected chi connectivity index (χ2v) is 4.70. The summed E-state index contributed by atoms with van der Waals surface area (Å²) in [6.07, 6.45) is 0. The Morgan fingerprint density at radius 1 is 0.750 bits per heavy atom. The van der Waals surface area contributed by atoms with Crippen LogP contribution < -0.4 is 0 Å². The van der Waals surface area contributed by atoms with E-state index in [0.717, 1.165) is 15.2 Å². The number of rotatable bonds is 0. The Hall–Kier alpha value is -1.54. The average Bonchev–Trinajstić information content (AvgIpc) is 2.28. The largest absolute Gasteiger partial charge is 0.507 e. The normalized spacial score (nSPS) is 11.1. The van der Waals surface area contributed by atoms with Gasteiger partial charge in [0.2, 0.25) is 0 Å². The van der Waals surface area contributed by atoms with Crippen LogP contribution >= 0.6 is 15.9 Å². The molecule has 0 aliphatic carbocycles. The van der Waals surface area contributed by atoms with Gasteiger partial charge in [0.15, 0.2) is 0 Å². The van der Waals surface area contributed by atoms with Crippen molar-refractivity contribution in [2.24, 2.45) is 0 Å². The van der Waals surface area contributed by atoms with E-state index in [9.17, 15) is 5.11 Å². The van der Waals surface area contributed by atoms with Crippen molar-refractivity contribution in [1.82, 2.24) is 0 Å². The van der Waals surface area contributed by atoms with Gasteiger partial charge in [0.1, 0.15) is 5.75 Å². The Balaban J connectivity index is 2.46. The summed E-state index contributed by atoms with van der Waals surface area (Å²) in [5.74, 6) is 0.280. The lowest BCUT2D eigenvalue weighted by molar-refractivity contribution is 0.473. The van der Waals surface area contributed by atoms with Crippen molar-refractivity contribution in [2.45, 2.75) is 0 Å². The molecule has 0 unspecified atom stereocenters. The van der Waals surface area contributed by atoms with Crippen molar-refractivity contribution >= 4 is 37.5 Å². The minimum absolute atomic E-state index is 0.280. The summed E-state index contributed by atoms with van der Waals surface area (Å²) in [6, 6.07) is 16.2. The molecule has 3 aromatic carbocycles. The number of aromatic hydroxyl groups is 1. The maximum Gasteiger partial charge on any atom is 0.130 e. The van der Waals surface area contributed by atoms with E-state index in [0.29, 0.717) is 0 Å². The first-order valence-electron chi connectivity index (χ1n) is 5.05. The van der Waals surface area contributed by atoms with Gasteiger partial charge in [-0.2, -0.15) is 0 Å². The molecule has 0 spiro atoms. The fourth-order valence-corrected chi connectivity index (χ4v) is 2.31. The maximum atomic E-state index is 9.64. The summed E-state index contributed by atoms with van der Waals surface area (Å²) in [5.41, 5.74) is 0. The van der Waals surface area contributed by atoms with Crippen LogP contribution in [0.15, 0.2) is 53.0 Å². The summed E-state index contributed by atoms with van der Waals surface area (Å²) < 4.78 is 0.732. The Labute approximate surface area is 101 Å². The fourth-order valence-electron chi connectivity index (χ4n) is 1.95. The topological polar surface area (TPSA) is 20.2 Å². The Kier molecular flexibility index (Phi) is 2.11. The van der Waals surface area contributed by atoms with Crippen LogP contribution in [0.4, 0.5) is 0 Å². The first-order valence-corrected chi connectivity index (χ1v) is 5.84. The lowest BCUT2D eigenvalue weighted by atomic mass is 10.0. The van der Waals surface area contributed by atoms with Crippen LogP contribution in [0.25, 0.3) is 21.5 Å². The number of phenols is 1. The van der Waals surface area contributed by atoms with E-state index in [1.54, 1.807) is 6.07 Å². The Morgan fingerprint density at radius 2 is 1.31 bits per heavy atom. The molecule has 0 saturated carbocycles. The zero-order chi connectivity index (χ0) is 11.1. The summed E-state index contributed by atoms with van der Waals surface area (Å²) in [4.78, 5) is 0. The number of hydrogen-bond donors (Lipinski definition) is 1. The highest BCUT2D eigenvalue weighted by Crippen LogP contribution is 2.31. The molecular weight excluding hydrogens is 264 g/mol. The first kappa shape index (κ1) is 9.67. The number of phenolic OH excluding ortho intramolecular Hbond substituents is 1. The Morgan fingerprint density at radius 3 is 1.94 bits per heavy atom. The van der Waals surface area contributed by atoms with Gasteiger partial charge in [-0.3, -0.25) is 0 Å². The van der Waals surface area contributed by atoms with Gasteiger partial charge in [0.05, 0.1) is 4.47 Å². The van der Waals surface area contributed by atoms with Gasteiger partial charge in [0, 0.05) is 0 Å². The molecule has 16 heavy (non-hydrogen) atoms. The van der Waals surface area contributed by atoms with Crippen LogP contribution in [-0.2, 0) is 0 Å². The van der Waals surface area contributed by atoms with Crippen molar-refractivity contribution in [1.29, 1.82) is 0 Å². The molecule has 0 aromatic heterocycles. The molecule has 3 rings (SSSR count). The van der Waals surface area contributed by atoms with Gasteiger partial charge < -0.3 is 5.11 Å². The third kappa shape index (κ3) is 1.46. The minimum Gasteiger partial charge on any atom is -0.507 e. The SMILES string of the molecule is Oc1cc2cc3ccccc3cc2cc1Br. The van der Waals surface area contributed by atoms with Crippen molar-refractivity contribution < 1.29 is 5.11 Å². The third-order valence-electron chi connectivity index (χ3n) is 2.77. The monoisotopic (exact) mass is 272 g/mol. The van der Waals surface area contributed by atoms with Crippen LogP contribution in [0.3, 0.4) is 0 Å². The molecule has 0 aliphatic rings.